The van der Waals surface area contributed by atoms with Crippen LogP contribution in [0.2, 0.25) is 0 Å². The minimum atomic E-state index is -1.08. The summed E-state index contributed by atoms with van der Waals surface area (Å²) in [7, 11) is 0. The zero-order valence-corrected chi connectivity index (χ0v) is 21.2. The average Bonchev–Trinajstić information content (AvgIpc) is 3.17. The third kappa shape index (κ3) is 6.92. The highest BCUT2D eigenvalue weighted by atomic mass is 16.5. The molecule has 206 valence electrons. The Morgan fingerprint density at radius 3 is 2.53 bits per heavy atom. The topological polar surface area (TPSA) is 156 Å². The number of rotatable bonds is 13. The van der Waals surface area contributed by atoms with Crippen molar-refractivity contribution in [3.8, 4) is 5.75 Å². The van der Waals surface area contributed by atoms with Crippen molar-refractivity contribution in [3.05, 3.63) is 29.3 Å². The Kier molecular flexibility index (Phi) is 9.76. The van der Waals surface area contributed by atoms with Gasteiger partial charge in [0.2, 0.25) is 11.8 Å². The summed E-state index contributed by atoms with van der Waals surface area (Å²) >= 11 is 0. The molecule has 0 aromatic heterocycles. The molecule has 0 saturated carbocycles. The third-order valence-electron chi connectivity index (χ3n) is 6.49. The molecule has 4 rings (SSSR count). The lowest BCUT2D eigenvalue weighted by atomic mass is 10.0. The van der Waals surface area contributed by atoms with Crippen molar-refractivity contribution in [3.63, 3.8) is 0 Å². The first-order valence-electron chi connectivity index (χ1n) is 12.8. The van der Waals surface area contributed by atoms with Gasteiger partial charge in [0, 0.05) is 45.7 Å². The van der Waals surface area contributed by atoms with Gasteiger partial charge in [-0.2, -0.15) is 0 Å². The molecule has 5 amide bonds. The zero-order valence-electron chi connectivity index (χ0n) is 21.2. The van der Waals surface area contributed by atoms with Crippen LogP contribution in [0.1, 0.15) is 33.6 Å². The maximum atomic E-state index is 13.0. The van der Waals surface area contributed by atoms with Crippen molar-refractivity contribution >= 4 is 29.5 Å². The van der Waals surface area contributed by atoms with Gasteiger partial charge >= 0.3 is 0 Å². The molecule has 13 heteroatoms. The quantitative estimate of drug-likeness (QED) is 0.203. The van der Waals surface area contributed by atoms with Crippen LogP contribution in [0.15, 0.2) is 18.2 Å². The highest BCUT2D eigenvalue weighted by molar-refractivity contribution is 6.24. The maximum absolute atomic E-state index is 13.0. The van der Waals surface area contributed by atoms with Crippen LogP contribution in [0.5, 0.6) is 5.75 Å². The lowest BCUT2D eigenvalue weighted by molar-refractivity contribution is -0.136. The van der Waals surface area contributed by atoms with Gasteiger partial charge in [0.05, 0.1) is 37.6 Å². The molecule has 0 aliphatic carbocycles. The lowest BCUT2D eigenvalue weighted by Crippen LogP contribution is -2.54. The number of ether oxygens (including phenoxy) is 3. The number of nitrogens with one attached hydrogen (secondary N) is 3. The van der Waals surface area contributed by atoms with E-state index in [1.165, 1.54) is 18.2 Å². The summed E-state index contributed by atoms with van der Waals surface area (Å²) in [5, 5.41) is 8.13. The molecule has 38 heavy (non-hydrogen) atoms. The number of fused-ring (bicyclic) bond motifs is 1. The number of carbonyl (C=O) groups excluding carboxylic acids is 5. The number of hydrogen-bond acceptors (Lipinski definition) is 10. The van der Waals surface area contributed by atoms with E-state index in [9.17, 15) is 24.0 Å². The number of imide groups is 2. The van der Waals surface area contributed by atoms with Crippen LogP contribution in [0, 0.1) is 0 Å². The molecule has 1 aromatic carbocycles. The van der Waals surface area contributed by atoms with Gasteiger partial charge in [0.15, 0.2) is 6.61 Å². The van der Waals surface area contributed by atoms with E-state index >= 15 is 0 Å². The van der Waals surface area contributed by atoms with Crippen molar-refractivity contribution in [1.29, 1.82) is 0 Å². The predicted molar refractivity (Wildman–Crippen MR) is 133 cm³/mol. The minimum absolute atomic E-state index is 0.00436. The van der Waals surface area contributed by atoms with Crippen LogP contribution in [-0.4, -0.2) is 118 Å². The largest absolute Gasteiger partial charge is 0.483 e. The Morgan fingerprint density at radius 1 is 1.00 bits per heavy atom. The first-order chi connectivity index (χ1) is 18.5. The molecule has 2 saturated heterocycles. The molecular weight excluding hydrogens is 498 g/mol. The molecular formula is C25H33N5O8. The van der Waals surface area contributed by atoms with Gasteiger partial charge < -0.3 is 24.8 Å². The summed E-state index contributed by atoms with van der Waals surface area (Å²) in [6.45, 7) is 6.74. The van der Waals surface area contributed by atoms with Crippen molar-refractivity contribution in [1.82, 2.24) is 25.8 Å². The van der Waals surface area contributed by atoms with E-state index in [0.29, 0.717) is 26.4 Å². The molecule has 2 fully saturated rings. The van der Waals surface area contributed by atoms with Crippen LogP contribution in [0.25, 0.3) is 0 Å². The van der Waals surface area contributed by atoms with Crippen molar-refractivity contribution in [2.24, 2.45) is 0 Å². The molecule has 3 heterocycles. The van der Waals surface area contributed by atoms with Crippen LogP contribution in [-0.2, 0) is 23.9 Å². The van der Waals surface area contributed by atoms with E-state index < -0.39 is 35.6 Å². The summed E-state index contributed by atoms with van der Waals surface area (Å²) in [6, 6.07) is 3.40. The van der Waals surface area contributed by atoms with E-state index in [0.717, 1.165) is 37.6 Å². The molecule has 3 aliphatic rings. The van der Waals surface area contributed by atoms with Gasteiger partial charge in [-0.1, -0.05) is 6.07 Å². The molecule has 1 unspecified atom stereocenters. The van der Waals surface area contributed by atoms with Gasteiger partial charge in [0.25, 0.3) is 17.7 Å². The van der Waals surface area contributed by atoms with Crippen LogP contribution in [0.4, 0.5) is 0 Å². The Hall–Kier alpha value is -3.39. The zero-order chi connectivity index (χ0) is 26.9. The van der Waals surface area contributed by atoms with E-state index in [-0.39, 0.29) is 42.9 Å². The summed E-state index contributed by atoms with van der Waals surface area (Å²) in [6.07, 6.45) is 0.0837. The number of amides is 5. The maximum Gasteiger partial charge on any atom is 0.266 e. The van der Waals surface area contributed by atoms with Gasteiger partial charge in [-0.15, -0.1) is 0 Å². The normalized spacial score (nSPS) is 19.9. The first-order valence-corrected chi connectivity index (χ1v) is 12.8. The fourth-order valence-electron chi connectivity index (χ4n) is 4.51. The number of carbonyl (C=O) groups is 5. The Balaban J connectivity index is 1.14. The first kappa shape index (κ1) is 27.6. The van der Waals surface area contributed by atoms with Crippen molar-refractivity contribution in [2.75, 3.05) is 72.3 Å². The number of nitrogens with zero attached hydrogens (tertiary/aromatic N) is 2. The summed E-state index contributed by atoms with van der Waals surface area (Å²) < 4.78 is 16.6. The second-order valence-electron chi connectivity index (χ2n) is 9.08. The molecule has 0 spiro atoms. The fraction of sp³-hybridized carbons (Fsp3) is 0.560. The highest BCUT2D eigenvalue weighted by Gasteiger charge is 2.46. The molecule has 1 aromatic rings. The highest BCUT2D eigenvalue weighted by Crippen LogP contribution is 2.33. The summed E-state index contributed by atoms with van der Waals surface area (Å²) in [4.78, 5) is 65.0. The van der Waals surface area contributed by atoms with Gasteiger partial charge in [-0.3, -0.25) is 39.1 Å². The molecule has 13 nitrogen and oxygen atoms in total. The van der Waals surface area contributed by atoms with E-state index in [1.807, 2.05) is 0 Å². The Morgan fingerprint density at radius 2 is 1.76 bits per heavy atom. The number of benzene rings is 1. The standard InChI is InChI=1S/C25H33N5O8/c31-20-5-4-18(23(33)28-20)30-24(34)17-2-1-3-19(22(17)25(30)35)38-16-21(32)27-8-12-36-14-15-37-13-11-29-9-6-26-7-10-29/h1-3,18,26H,4-16H2,(H,27,32)(H,28,31,33). The molecule has 0 bridgehead atoms. The van der Waals surface area contributed by atoms with Gasteiger partial charge in [0.1, 0.15) is 11.8 Å². The van der Waals surface area contributed by atoms with Crippen molar-refractivity contribution < 1.29 is 38.2 Å². The summed E-state index contributed by atoms with van der Waals surface area (Å²) in [5.41, 5.74) is 0.0800. The van der Waals surface area contributed by atoms with Crippen LogP contribution >= 0.6 is 0 Å². The minimum Gasteiger partial charge on any atom is -0.483 e. The third-order valence-corrected chi connectivity index (χ3v) is 6.49. The monoisotopic (exact) mass is 531 g/mol. The second-order valence-corrected chi connectivity index (χ2v) is 9.08. The number of piperidine rings is 1. The van der Waals surface area contributed by atoms with Crippen LogP contribution in [0.3, 0.4) is 0 Å². The second kappa shape index (κ2) is 13.4. The van der Waals surface area contributed by atoms with E-state index in [4.69, 9.17) is 14.2 Å². The van der Waals surface area contributed by atoms with E-state index in [2.05, 4.69) is 20.9 Å². The van der Waals surface area contributed by atoms with Crippen molar-refractivity contribution in [2.45, 2.75) is 18.9 Å². The predicted octanol–water partition coefficient (Wildman–Crippen LogP) is -1.48. The van der Waals surface area contributed by atoms with Crippen LogP contribution < -0.4 is 20.7 Å². The molecule has 1 atom stereocenters. The molecule has 3 N–H and O–H groups in total. The smallest absolute Gasteiger partial charge is 0.266 e. The Bertz CT molecular complexity index is 1060. The number of hydrogen-bond donors (Lipinski definition) is 3. The number of piperazine rings is 1. The fourth-order valence-corrected chi connectivity index (χ4v) is 4.51. The average molecular weight is 532 g/mol. The Labute approximate surface area is 220 Å². The van der Waals surface area contributed by atoms with E-state index in [1.54, 1.807) is 0 Å². The molecule has 3 aliphatic heterocycles. The van der Waals surface area contributed by atoms with Gasteiger partial charge in [-0.25, -0.2) is 0 Å². The lowest BCUT2D eigenvalue weighted by Gasteiger charge is -2.27. The summed E-state index contributed by atoms with van der Waals surface area (Å²) in [5.74, 6) is -2.82. The SMILES string of the molecule is O=C(COc1cccc2c1C(=O)N(C1CCC(=O)NC1=O)C2=O)NCCOCCOCCN1CCNCC1. The van der Waals surface area contributed by atoms with Gasteiger partial charge in [-0.05, 0) is 18.6 Å². The molecule has 0 radical (unpaired) electrons.